The second-order valence-corrected chi connectivity index (χ2v) is 2.66. The predicted molar refractivity (Wildman–Crippen MR) is 43.5 cm³/mol. The molecule has 3 heteroatoms. The van der Waals surface area contributed by atoms with Crippen molar-refractivity contribution in [2.45, 2.75) is 0 Å². The molecule has 1 aromatic carbocycles. The Hall–Kier alpha value is -1.02. The first kappa shape index (κ1) is 6.68. The molecule has 1 heterocycles. The number of aromatic nitrogens is 1. The Bertz CT molecular complexity index is 394. The molecule has 0 saturated carbocycles. The van der Waals surface area contributed by atoms with E-state index in [1.54, 1.807) is 18.2 Å². The minimum Gasteiger partial charge on any atom is -0.441 e. The van der Waals surface area contributed by atoms with Crippen molar-refractivity contribution in [3.05, 3.63) is 36.0 Å². The van der Waals surface area contributed by atoms with Crippen LogP contribution in [0.3, 0.4) is 0 Å². The molecule has 0 aliphatic heterocycles. The molecule has 1 radical (unpaired) electrons. The zero-order valence-electron chi connectivity index (χ0n) is 5.67. The van der Waals surface area contributed by atoms with Crippen LogP contribution in [0.5, 0.6) is 0 Å². The minimum absolute atomic E-state index is 0.419. The lowest BCUT2D eigenvalue weighted by molar-refractivity contribution is 0.579. The van der Waals surface area contributed by atoms with E-state index >= 15 is 0 Å². The molecule has 0 amide bonds. The molecule has 0 aliphatic carbocycles. The summed E-state index contributed by atoms with van der Waals surface area (Å²) in [5.41, 5.74) is 1.47. The third-order valence-corrected chi connectivity index (χ3v) is 1.63. The third kappa shape index (κ3) is 1.10. The van der Waals surface area contributed by atoms with E-state index in [0.29, 0.717) is 16.5 Å². The van der Waals surface area contributed by atoms with Crippen LogP contribution in [0.1, 0.15) is 5.89 Å². The zero-order chi connectivity index (χ0) is 7.84. The second kappa shape index (κ2) is 2.24. The van der Waals surface area contributed by atoms with Gasteiger partial charge in [-0.2, -0.15) is 0 Å². The summed E-state index contributed by atoms with van der Waals surface area (Å²) in [5.74, 6) is 0.419. The third-order valence-electron chi connectivity index (χ3n) is 1.39. The largest absolute Gasteiger partial charge is 0.441 e. The quantitative estimate of drug-likeness (QED) is 0.602. The maximum Gasteiger partial charge on any atom is 0.195 e. The fourth-order valence-electron chi connectivity index (χ4n) is 0.946. The van der Waals surface area contributed by atoms with Crippen molar-refractivity contribution in [1.29, 1.82) is 0 Å². The van der Waals surface area contributed by atoms with Crippen molar-refractivity contribution in [3.8, 4) is 0 Å². The maximum atomic E-state index is 5.72. The van der Waals surface area contributed by atoms with Crippen molar-refractivity contribution in [3.63, 3.8) is 0 Å². The number of nitrogens with zero attached hydrogens (tertiary/aromatic N) is 1. The number of hydrogen-bond acceptors (Lipinski definition) is 2. The number of benzene rings is 1. The van der Waals surface area contributed by atoms with Gasteiger partial charge in [-0.05, 0) is 12.1 Å². The summed E-state index contributed by atoms with van der Waals surface area (Å²) in [6.45, 7) is 3.57. The minimum atomic E-state index is 0.419. The van der Waals surface area contributed by atoms with Crippen molar-refractivity contribution >= 4 is 22.7 Å². The van der Waals surface area contributed by atoms with Gasteiger partial charge in [-0.1, -0.05) is 11.6 Å². The molecule has 55 valence electrons. The molecule has 0 bridgehead atoms. The first-order valence-corrected chi connectivity index (χ1v) is 3.51. The number of oxazole rings is 1. The SMILES string of the molecule is [CH2]c1nc2ccc(Cl)cc2o1. The van der Waals surface area contributed by atoms with Crippen molar-refractivity contribution in [1.82, 2.24) is 4.98 Å². The fraction of sp³-hybridized carbons (Fsp3) is 0. The molecule has 0 N–H and O–H groups in total. The van der Waals surface area contributed by atoms with E-state index in [2.05, 4.69) is 11.9 Å². The molecule has 0 saturated heterocycles. The van der Waals surface area contributed by atoms with Gasteiger partial charge in [-0.25, -0.2) is 4.98 Å². The lowest BCUT2D eigenvalue weighted by Crippen LogP contribution is -1.67. The molecule has 0 unspecified atom stereocenters. The molecule has 11 heavy (non-hydrogen) atoms. The van der Waals surface area contributed by atoms with Crippen LogP contribution < -0.4 is 0 Å². The molecule has 0 atom stereocenters. The van der Waals surface area contributed by atoms with Crippen LogP contribution in [0.2, 0.25) is 5.02 Å². The van der Waals surface area contributed by atoms with Crippen molar-refractivity contribution in [2.75, 3.05) is 0 Å². The molecule has 2 nitrogen and oxygen atoms in total. The summed E-state index contributed by atoms with van der Waals surface area (Å²) in [5, 5.41) is 0.647. The van der Waals surface area contributed by atoms with E-state index in [1.807, 2.05) is 0 Å². The van der Waals surface area contributed by atoms with E-state index in [0.717, 1.165) is 5.52 Å². The first-order chi connectivity index (χ1) is 5.25. The Labute approximate surface area is 68.8 Å². The number of halogens is 1. The van der Waals surface area contributed by atoms with Gasteiger partial charge in [0.15, 0.2) is 11.5 Å². The summed E-state index contributed by atoms with van der Waals surface area (Å²) in [4.78, 5) is 4.02. The monoisotopic (exact) mass is 166 g/mol. The standard InChI is InChI=1S/C8H5ClNO/c1-5-10-7-3-2-6(9)4-8(7)11-5/h2-4H,1H2. The van der Waals surface area contributed by atoms with Gasteiger partial charge >= 0.3 is 0 Å². The summed E-state index contributed by atoms with van der Waals surface area (Å²) in [6, 6.07) is 5.29. The average Bonchev–Trinajstić information content (AvgIpc) is 2.27. The van der Waals surface area contributed by atoms with E-state index in [9.17, 15) is 0 Å². The molecule has 2 rings (SSSR count). The Kier molecular flexibility index (Phi) is 1.36. The van der Waals surface area contributed by atoms with Gasteiger partial charge in [0, 0.05) is 18.0 Å². The predicted octanol–water partition coefficient (Wildman–Crippen LogP) is 2.66. The smallest absolute Gasteiger partial charge is 0.195 e. The zero-order valence-corrected chi connectivity index (χ0v) is 6.43. The normalized spacial score (nSPS) is 10.7. The summed E-state index contributed by atoms with van der Waals surface area (Å²) < 4.78 is 5.14. The Balaban J connectivity index is 2.82. The van der Waals surface area contributed by atoms with E-state index in [4.69, 9.17) is 16.0 Å². The van der Waals surface area contributed by atoms with Gasteiger partial charge in [0.1, 0.15) is 5.52 Å². The van der Waals surface area contributed by atoms with Gasteiger partial charge in [0.2, 0.25) is 0 Å². The topological polar surface area (TPSA) is 26.0 Å². The molecule has 0 spiro atoms. The lowest BCUT2D eigenvalue weighted by atomic mass is 10.3. The number of rotatable bonds is 0. The molecule has 0 aliphatic rings. The summed E-state index contributed by atoms with van der Waals surface area (Å²) in [6.07, 6.45) is 0. The molecule has 2 aromatic rings. The highest BCUT2D eigenvalue weighted by Crippen LogP contribution is 2.19. The fourth-order valence-corrected chi connectivity index (χ4v) is 1.11. The highest BCUT2D eigenvalue weighted by molar-refractivity contribution is 6.31. The Morgan fingerprint density at radius 3 is 3.09 bits per heavy atom. The average molecular weight is 167 g/mol. The van der Waals surface area contributed by atoms with Gasteiger partial charge in [0.25, 0.3) is 0 Å². The molecule has 0 fully saturated rings. The van der Waals surface area contributed by atoms with Gasteiger partial charge in [-0.15, -0.1) is 0 Å². The van der Waals surface area contributed by atoms with Crippen molar-refractivity contribution < 1.29 is 4.42 Å². The molecular formula is C8H5ClNO. The first-order valence-electron chi connectivity index (χ1n) is 3.14. The number of fused-ring (bicyclic) bond motifs is 1. The molecular weight excluding hydrogens is 162 g/mol. The highest BCUT2D eigenvalue weighted by atomic mass is 35.5. The van der Waals surface area contributed by atoms with Crippen LogP contribution in [0.15, 0.2) is 22.6 Å². The Morgan fingerprint density at radius 1 is 1.45 bits per heavy atom. The van der Waals surface area contributed by atoms with Gasteiger partial charge < -0.3 is 4.42 Å². The summed E-state index contributed by atoms with van der Waals surface area (Å²) >= 11 is 5.72. The van der Waals surface area contributed by atoms with Crippen LogP contribution in [-0.2, 0) is 0 Å². The van der Waals surface area contributed by atoms with E-state index in [-0.39, 0.29) is 0 Å². The van der Waals surface area contributed by atoms with E-state index < -0.39 is 0 Å². The number of hydrogen-bond donors (Lipinski definition) is 0. The van der Waals surface area contributed by atoms with E-state index in [1.165, 1.54) is 0 Å². The van der Waals surface area contributed by atoms with Crippen LogP contribution >= 0.6 is 11.6 Å². The maximum absolute atomic E-state index is 5.72. The van der Waals surface area contributed by atoms with Crippen LogP contribution in [0.25, 0.3) is 11.1 Å². The molecule has 1 aromatic heterocycles. The summed E-state index contributed by atoms with van der Waals surface area (Å²) in [7, 11) is 0. The van der Waals surface area contributed by atoms with Crippen molar-refractivity contribution in [2.24, 2.45) is 0 Å². The van der Waals surface area contributed by atoms with Crippen LogP contribution in [-0.4, -0.2) is 4.98 Å². The Morgan fingerprint density at radius 2 is 2.27 bits per heavy atom. The van der Waals surface area contributed by atoms with Gasteiger partial charge in [0.05, 0.1) is 0 Å². The highest BCUT2D eigenvalue weighted by Gasteiger charge is 2.00. The van der Waals surface area contributed by atoms with Crippen LogP contribution in [0.4, 0.5) is 0 Å². The second-order valence-electron chi connectivity index (χ2n) is 2.22. The lowest BCUT2D eigenvalue weighted by Gasteiger charge is -1.85. The van der Waals surface area contributed by atoms with Crippen LogP contribution in [0, 0.1) is 6.92 Å². The van der Waals surface area contributed by atoms with Gasteiger partial charge in [-0.3, -0.25) is 0 Å².